The molecule has 0 spiro atoms. The van der Waals surface area contributed by atoms with Crippen LogP contribution in [0.5, 0.6) is 0 Å². The van der Waals surface area contributed by atoms with Gasteiger partial charge in [-0.25, -0.2) is 4.39 Å². The van der Waals surface area contributed by atoms with Crippen molar-refractivity contribution >= 4 is 5.97 Å². The predicted octanol–water partition coefficient (Wildman–Crippen LogP) is 4.86. The molecule has 0 fully saturated rings. The first-order valence-corrected chi connectivity index (χ1v) is 9.26. The molecule has 2 aromatic rings. The van der Waals surface area contributed by atoms with Crippen LogP contribution in [0.2, 0.25) is 0 Å². The van der Waals surface area contributed by atoms with E-state index in [1.54, 1.807) is 19.2 Å². The van der Waals surface area contributed by atoms with Crippen LogP contribution in [-0.2, 0) is 25.6 Å². The molecule has 0 aliphatic heterocycles. The Balaban J connectivity index is 1.86. The van der Waals surface area contributed by atoms with Gasteiger partial charge < -0.3 is 14.2 Å². The van der Waals surface area contributed by atoms with Gasteiger partial charge in [-0.2, -0.15) is 0 Å². The van der Waals surface area contributed by atoms with Crippen LogP contribution in [0.25, 0.3) is 0 Å². The van der Waals surface area contributed by atoms with E-state index in [1.165, 1.54) is 19.2 Å². The molecule has 0 heterocycles. The molecule has 5 heteroatoms. The summed E-state index contributed by atoms with van der Waals surface area (Å²) in [7, 11) is 2.96. The lowest BCUT2D eigenvalue weighted by atomic mass is 9.94. The highest BCUT2D eigenvalue weighted by atomic mass is 19.1. The van der Waals surface area contributed by atoms with Crippen molar-refractivity contribution in [1.29, 1.82) is 0 Å². The maximum atomic E-state index is 13.1. The third kappa shape index (κ3) is 7.25. The summed E-state index contributed by atoms with van der Waals surface area (Å²) in [5.74, 6) is -0.953. The fourth-order valence-corrected chi connectivity index (χ4v) is 2.91. The monoisotopic (exact) mass is 386 g/mol. The van der Waals surface area contributed by atoms with Crippen molar-refractivity contribution in [2.45, 2.75) is 25.6 Å². The summed E-state index contributed by atoms with van der Waals surface area (Å²) < 4.78 is 29.2. The van der Waals surface area contributed by atoms with Gasteiger partial charge in [0.2, 0.25) is 0 Å². The van der Waals surface area contributed by atoms with E-state index in [-0.39, 0.29) is 23.8 Å². The van der Waals surface area contributed by atoms with E-state index in [2.05, 4.69) is 0 Å². The lowest BCUT2D eigenvalue weighted by Gasteiger charge is -2.20. The number of esters is 1. The normalized spacial score (nSPS) is 13.4. The molecule has 2 aromatic carbocycles. The molecule has 0 aliphatic rings. The number of allylic oxidation sites excluding steroid dienone is 1. The zero-order chi connectivity index (χ0) is 20.2. The van der Waals surface area contributed by atoms with Crippen molar-refractivity contribution in [3.63, 3.8) is 0 Å². The van der Waals surface area contributed by atoms with Gasteiger partial charge in [0.25, 0.3) is 0 Å². The van der Waals surface area contributed by atoms with Gasteiger partial charge in [0.1, 0.15) is 5.82 Å². The molecular formula is C23H27FO4. The van der Waals surface area contributed by atoms with E-state index >= 15 is 0 Å². The van der Waals surface area contributed by atoms with E-state index in [1.807, 2.05) is 42.5 Å². The smallest absolute Gasteiger partial charge is 0.309 e. The summed E-state index contributed by atoms with van der Waals surface area (Å²) in [4.78, 5) is 12.2. The maximum absolute atomic E-state index is 13.1. The van der Waals surface area contributed by atoms with Gasteiger partial charge in [-0.05, 0) is 36.1 Å². The van der Waals surface area contributed by atoms with Gasteiger partial charge in [-0.3, -0.25) is 4.79 Å². The van der Waals surface area contributed by atoms with Gasteiger partial charge in [-0.15, -0.1) is 0 Å². The largest absolute Gasteiger partial charge is 0.469 e. The number of rotatable bonds is 11. The molecule has 2 atom stereocenters. The molecule has 0 radical (unpaired) electrons. The summed E-state index contributed by atoms with van der Waals surface area (Å²) in [5.41, 5.74) is 1.94. The van der Waals surface area contributed by atoms with Crippen LogP contribution in [0, 0.1) is 11.7 Å². The van der Waals surface area contributed by atoms with Crippen molar-refractivity contribution in [2.24, 2.45) is 5.92 Å². The molecule has 4 nitrogen and oxygen atoms in total. The van der Waals surface area contributed by atoms with Crippen LogP contribution < -0.4 is 0 Å². The first kappa shape index (κ1) is 21.8. The number of methoxy groups -OCH3 is 2. The lowest BCUT2D eigenvalue weighted by Crippen LogP contribution is -2.19. The zero-order valence-corrected chi connectivity index (χ0v) is 16.3. The van der Waals surface area contributed by atoms with Gasteiger partial charge in [0.05, 0.1) is 32.3 Å². The zero-order valence-electron chi connectivity index (χ0n) is 16.3. The van der Waals surface area contributed by atoms with Crippen LogP contribution in [0.1, 0.15) is 30.1 Å². The summed E-state index contributed by atoms with van der Waals surface area (Å²) in [5, 5.41) is 0. The van der Waals surface area contributed by atoms with E-state index in [4.69, 9.17) is 14.2 Å². The highest BCUT2D eigenvalue weighted by Crippen LogP contribution is 2.27. The summed E-state index contributed by atoms with van der Waals surface area (Å²) in [6.45, 7) is 1.01. The minimum atomic E-state index is -0.356. The van der Waals surface area contributed by atoms with Gasteiger partial charge >= 0.3 is 5.97 Å². The number of ether oxygens (including phenoxy) is 3. The number of hydrogen-bond acceptors (Lipinski definition) is 4. The second-order valence-electron chi connectivity index (χ2n) is 6.44. The SMILES string of the molecule is COC(=O)C(C/C=C\COCc1ccccc1)C[C@@H](OC)c1ccc(F)cc1. The minimum Gasteiger partial charge on any atom is -0.469 e. The molecule has 0 aliphatic carbocycles. The molecule has 0 amide bonds. The fraction of sp³-hybridized carbons (Fsp3) is 0.348. The van der Waals surface area contributed by atoms with Crippen molar-refractivity contribution in [2.75, 3.05) is 20.8 Å². The predicted molar refractivity (Wildman–Crippen MR) is 106 cm³/mol. The second kappa shape index (κ2) is 12.1. The number of hydrogen-bond donors (Lipinski definition) is 0. The maximum Gasteiger partial charge on any atom is 0.309 e. The van der Waals surface area contributed by atoms with Crippen molar-refractivity contribution < 1.29 is 23.4 Å². The third-order valence-corrected chi connectivity index (χ3v) is 4.47. The highest BCUT2D eigenvalue weighted by Gasteiger charge is 2.24. The molecular weight excluding hydrogens is 359 g/mol. The summed E-state index contributed by atoms with van der Waals surface area (Å²) >= 11 is 0. The van der Waals surface area contributed by atoms with Crippen LogP contribution >= 0.6 is 0 Å². The number of carbonyl (C=O) groups is 1. The van der Waals surface area contributed by atoms with Crippen molar-refractivity contribution in [3.05, 3.63) is 83.7 Å². The summed E-state index contributed by atoms with van der Waals surface area (Å²) in [6, 6.07) is 16.1. The molecule has 150 valence electrons. The summed E-state index contributed by atoms with van der Waals surface area (Å²) in [6.07, 6.45) is 4.47. The van der Waals surface area contributed by atoms with Gasteiger partial charge in [0, 0.05) is 7.11 Å². The van der Waals surface area contributed by atoms with Crippen LogP contribution in [0.3, 0.4) is 0 Å². The second-order valence-corrected chi connectivity index (χ2v) is 6.44. The standard InChI is InChI=1S/C23H27FO4/c1-26-22(19-11-13-21(24)14-12-19)16-20(23(25)27-2)10-6-7-15-28-17-18-8-4-3-5-9-18/h3-9,11-14,20,22H,10,15-17H2,1-2H3/b7-6-/t20?,22-/m1/s1. The Labute approximate surface area is 165 Å². The molecule has 2 rings (SSSR count). The molecule has 0 saturated carbocycles. The molecule has 0 bridgehead atoms. The first-order valence-electron chi connectivity index (χ1n) is 9.26. The van der Waals surface area contributed by atoms with Crippen LogP contribution in [0.15, 0.2) is 66.7 Å². The van der Waals surface area contributed by atoms with Crippen LogP contribution in [-0.4, -0.2) is 26.8 Å². The molecule has 0 N–H and O–H groups in total. The molecule has 1 unspecified atom stereocenters. The highest BCUT2D eigenvalue weighted by molar-refractivity contribution is 5.72. The Morgan fingerprint density at radius 1 is 1.04 bits per heavy atom. The average Bonchev–Trinajstić information content (AvgIpc) is 2.73. The van der Waals surface area contributed by atoms with E-state index in [0.29, 0.717) is 26.1 Å². The Kier molecular flexibility index (Phi) is 9.39. The van der Waals surface area contributed by atoms with Gasteiger partial charge in [0.15, 0.2) is 0 Å². The Morgan fingerprint density at radius 3 is 2.39 bits per heavy atom. The topological polar surface area (TPSA) is 44.8 Å². The molecule has 0 aromatic heterocycles. The Bertz CT molecular complexity index is 728. The Morgan fingerprint density at radius 2 is 1.75 bits per heavy atom. The van der Waals surface area contributed by atoms with Crippen molar-refractivity contribution in [1.82, 2.24) is 0 Å². The number of carbonyl (C=O) groups excluding carboxylic acids is 1. The Hall–Kier alpha value is -2.50. The molecule has 0 saturated heterocycles. The molecule has 28 heavy (non-hydrogen) atoms. The first-order chi connectivity index (χ1) is 13.6. The van der Waals surface area contributed by atoms with Crippen LogP contribution in [0.4, 0.5) is 4.39 Å². The lowest BCUT2D eigenvalue weighted by molar-refractivity contribution is -0.146. The fourth-order valence-electron chi connectivity index (χ4n) is 2.91. The van der Waals surface area contributed by atoms with E-state index in [0.717, 1.165) is 11.1 Å². The average molecular weight is 386 g/mol. The quantitative estimate of drug-likeness (QED) is 0.314. The van der Waals surface area contributed by atoms with E-state index in [9.17, 15) is 9.18 Å². The number of benzene rings is 2. The van der Waals surface area contributed by atoms with Crippen molar-refractivity contribution in [3.8, 4) is 0 Å². The van der Waals surface area contributed by atoms with E-state index < -0.39 is 0 Å². The number of halogens is 1. The van der Waals surface area contributed by atoms with Gasteiger partial charge in [-0.1, -0.05) is 54.6 Å². The minimum absolute atomic E-state index is 0.293. The third-order valence-electron chi connectivity index (χ3n) is 4.47.